The molecule has 108 valence electrons. The van der Waals surface area contributed by atoms with Gasteiger partial charge in [-0.25, -0.2) is 0 Å². The van der Waals surface area contributed by atoms with Crippen molar-refractivity contribution < 1.29 is 0 Å². The van der Waals surface area contributed by atoms with Gasteiger partial charge in [-0.3, -0.25) is 0 Å². The van der Waals surface area contributed by atoms with E-state index in [9.17, 15) is 0 Å². The van der Waals surface area contributed by atoms with E-state index in [4.69, 9.17) is 0 Å². The maximum Gasteiger partial charge on any atom is 0.0192 e. The number of rotatable bonds is 3. The maximum absolute atomic E-state index is 3.87. The van der Waals surface area contributed by atoms with E-state index in [2.05, 4.69) is 34.9 Å². The van der Waals surface area contributed by atoms with E-state index in [1.165, 1.54) is 51.5 Å². The fraction of sp³-hybridized carbons (Fsp3) is 0.667. The summed E-state index contributed by atoms with van der Waals surface area (Å²) < 4.78 is 0. The number of nitrogens with one attached hydrogen (secondary N) is 2. The van der Waals surface area contributed by atoms with E-state index in [-0.39, 0.29) is 0 Å². The molecule has 1 heterocycles. The Morgan fingerprint density at radius 2 is 2.15 bits per heavy atom. The molecule has 2 heteroatoms. The molecule has 2 N–H and O–H groups in total. The summed E-state index contributed by atoms with van der Waals surface area (Å²) in [6.45, 7) is 2.37. The predicted molar refractivity (Wildman–Crippen MR) is 83.1 cm³/mol. The van der Waals surface area contributed by atoms with Crippen LogP contribution in [0, 0.1) is 0 Å². The van der Waals surface area contributed by atoms with Crippen LogP contribution in [0.15, 0.2) is 24.3 Å². The van der Waals surface area contributed by atoms with Gasteiger partial charge in [0, 0.05) is 24.0 Å². The lowest BCUT2D eigenvalue weighted by atomic mass is 9.79. The van der Waals surface area contributed by atoms with Gasteiger partial charge in [0.25, 0.3) is 0 Å². The van der Waals surface area contributed by atoms with Crippen LogP contribution < -0.4 is 10.6 Å². The monoisotopic (exact) mass is 270 g/mol. The number of benzene rings is 1. The molecule has 1 spiro atoms. The Labute approximate surface area is 122 Å². The first-order chi connectivity index (χ1) is 9.88. The number of hydrogen-bond donors (Lipinski definition) is 2. The third kappa shape index (κ3) is 2.19. The highest BCUT2D eigenvalue weighted by atomic mass is 15.0. The molecule has 0 radical (unpaired) electrons. The summed E-state index contributed by atoms with van der Waals surface area (Å²) in [5.74, 6) is 0. The van der Waals surface area contributed by atoms with Gasteiger partial charge in [-0.2, -0.15) is 0 Å². The first-order valence-corrected chi connectivity index (χ1v) is 8.44. The van der Waals surface area contributed by atoms with Gasteiger partial charge in [0.2, 0.25) is 0 Å². The molecule has 0 aromatic heterocycles. The van der Waals surface area contributed by atoms with Crippen molar-refractivity contribution >= 4 is 0 Å². The Morgan fingerprint density at radius 3 is 3.05 bits per heavy atom. The fourth-order valence-corrected chi connectivity index (χ4v) is 4.48. The molecule has 3 atom stereocenters. The number of hydrogen-bond acceptors (Lipinski definition) is 2. The van der Waals surface area contributed by atoms with E-state index in [1.54, 1.807) is 11.1 Å². The first-order valence-electron chi connectivity index (χ1n) is 8.44. The van der Waals surface area contributed by atoms with Crippen molar-refractivity contribution in [3.05, 3.63) is 35.4 Å². The highest BCUT2D eigenvalue weighted by Crippen LogP contribution is 2.55. The lowest BCUT2D eigenvalue weighted by Crippen LogP contribution is -2.43. The Morgan fingerprint density at radius 1 is 1.20 bits per heavy atom. The summed E-state index contributed by atoms with van der Waals surface area (Å²) in [6, 6.07) is 10.6. The third-order valence-corrected chi connectivity index (χ3v) is 5.72. The zero-order valence-electron chi connectivity index (χ0n) is 12.3. The summed E-state index contributed by atoms with van der Waals surface area (Å²) in [5.41, 5.74) is 3.75. The highest BCUT2D eigenvalue weighted by molar-refractivity contribution is 5.44. The lowest BCUT2D eigenvalue weighted by Gasteiger charge is -2.28. The number of piperidine rings is 1. The minimum absolute atomic E-state index is 0.490. The summed E-state index contributed by atoms with van der Waals surface area (Å²) >= 11 is 0. The van der Waals surface area contributed by atoms with Gasteiger partial charge in [-0.1, -0.05) is 30.7 Å². The summed E-state index contributed by atoms with van der Waals surface area (Å²) in [4.78, 5) is 0. The molecule has 1 aliphatic heterocycles. The summed E-state index contributed by atoms with van der Waals surface area (Å²) in [7, 11) is 0. The van der Waals surface area contributed by atoms with Gasteiger partial charge in [0.15, 0.2) is 0 Å². The van der Waals surface area contributed by atoms with Crippen molar-refractivity contribution in [3.8, 4) is 0 Å². The molecule has 0 amide bonds. The molecule has 20 heavy (non-hydrogen) atoms. The minimum atomic E-state index is 0.490. The predicted octanol–water partition coefficient (Wildman–Crippen LogP) is 2.76. The zero-order chi connectivity index (χ0) is 13.4. The topological polar surface area (TPSA) is 24.1 Å². The molecule has 0 bridgehead atoms. The minimum Gasteiger partial charge on any atom is -0.313 e. The normalized spacial score (nSPS) is 35.8. The van der Waals surface area contributed by atoms with Crippen LogP contribution in [0.5, 0.6) is 0 Å². The average molecular weight is 270 g/mol. The molecule has 1 aromatic carbocycles. The molecular weight excluding hydrogens is 244 g/mol. The summed E-state index contributed by atoms with van der Waals surface area (Å²) in [5, 5.41) is 7.52. The Kier molecular flexibility index (Phi) is 3.31. The van der Waals surface area contributed by atoms with Gasteiger partial charge >= 0.3 is 0 Å². The van der Waals surface area contributed by atoms with Gasteiger partial charge in [0.1, 0.15) is 0 Å². The van der Waals surface area contributed by atoms with Crippen LogP contribution >= 0.6 is 0 Å². The van der Waals surface area contributed by atoms with Gasteiger partial charge in [-0.05, 0) is 56.2 Å². The van der Waals surface area contributed by atoms with Crippen LogP contribution in [0.4, 0.5) is 0 Å². The first kappa shape index (κ1) is 12.8. The van der Waals surface area contributed by atoms with Crippen LogP contribution in [0.2, 0.25) is 0 Å². The number of fused-ring (bicyclic) bond motifs is 2. The molecule has 3 aliphatic rings. The maximum atomic E-state index is 3.87. The van der Waals surface area contributed by atoms with E-state index >= 15 is 0 Å². The Balaban J connectivity index is 1.41. The summed E-state index contributed by atoms with van der Waals surface area (Å²) in [6.07, 6.45) is 9.51. The van der Waals surface area contributed by atoms with Gasteiger partial charge < -0.3 is 10.6 Å². The van der Waals surface area contributed by atoms with E-state index in [0.29, 0.717) is 11.5 Å². The second kappa shape index (κ2) is 5.16. The molecule has 2 aliphatic carbocycles. The molecule has 2 fully saturated rings. The third-order valence-electron chi connectivity index (χ3n) is 5.72. The fourth-order valence-electron chi connectivity index (χ4n) is 4.48. The largest absolute Gasteiger partial charge is 0.313 e. The molecule has 4 rings (SSSR count). The van der Waals surface area contributed by atoms with E-state index < -0.39 is 0 Å². The van der Waals surface area contributed by atoms with Crippen LogP contribution in [0.25, 0.3) is 0 Å². The molecular formula is C18H26N2. The second-order valence-electron chi connectivity index (χ2n) is 6.98. The molecule has 1 saturated carbocycles. The van der Waals surface area contributed by atoms with Crippen LogP contribution in [-0.4, -0.2) is 25.2 Å². The van der Waals surface area contributed by atoms with Crippen molar-refractivity contribution in [2.45, 2.75) is 62.4 Å². The Bertz CT molecular complexity index is 478. The van der Waals surface area contributed by atoms with Crippen molar-refractivity contribution in [2.75, 3.05) is 13.1 Å². The lowest BCUT2D eigenvalue weighted by molar-refractivity contribution is 0.374. The van der Waals surface area contributed by atoms with E-state index in [0.717, 1.165) is 12.6 Å². The van der Waals surface area contributed by atoms with Crippen molar-refractivity contribution in [1.29, 1.82) is 0 Å². The smallest absolute Gasteiger partial charge is 0.0192 e. The molecule has 2 nitrogen and oxygen atoms in total. The van der Waals surface area contributed by atoms with Crippen LogP contribution in [-0.2, 0) is 11.8 Å². The average Bonchev–Trinajstić information content (AvgIpc) is 3.20. The second-order valence-corrected chi connectivity index (χ2v) is 6.98. The number of aryl methyl sites for hydroxylation is 1. The van der Waals surface area contributed by atoms with Crippen molar-refractivity contribution in [3.63, 3.8) is 0 Å². The molecule has 3 unspecified atom stereocenters. The Hall–Kier alpha value is -0.860. The molecule has 1 saturated heterocycles. The molecule has 1 aromatic rings. The van der Waals surface area contributed by atoms with Gasteiger partial charge in [-0.15, -0.1) is 0 Å². The zero-order valence-corrected chi connectivity index (χ0v) is 12.3. The quantitative estimate of drug-likeness (QED) is 0.882. The SMILES string of the molecule is c1ccc2c(c1)CCCC21CC1NCC1CCCCN1. The van der Waals surface area contributed by atoms with Crippen molar-refractivity contribution in [1.82, 2.24) is 10.6 Å². The van der Waals surface area contributed by atoms with Crippen LogP contribution in [0.3, 0.4) is 0 Å². The van der Waals surface area contributed by atoms with E-state index in [1.807, 2.05) is 0 Å². The highest BCUT2D eigenvalue weighted by Gasteiger charge is 2.56. The van der Waals surface area contributed by atoms with Gasteiger partial charge in [0.05, 0.1) is 0 Å². The standard InChI is InChI=1S/C18H26N2/c1-2-9-16-14(6-1)7-5-10-18(16)12-17(18)20-13-15-8-3-4-11-19-15/h1-2,6,9,15,17,19-20H,3-5,7-8,10-13H2. The van der Waals surface area contributed by atoms with Crippen molar-refractivity contribution in [2.24, 2.45) is 0 Å². The van der Waals surface area contributed by atoms with Crippen LogP contribution in [0.1, 0.15) is 49.7 Å².